The van der Waals surface area contributed by atoms with Crippen molar-refractivity contribution in [1.29, 1.82) is 0 Å². The zero-order valence-corrected chi connectivity index (χ0v) is 12.1. The molecule has 2 aromatic heterocycles. The molecule has 0 aromatic carbocycles. The highest BCUT2D eigenvalue weighted by Gasteiger charge is 2.23. The van der Waals surface area contributed by atoms with Crippen LogP contribution in [-0.4, -0.2) is 15.0 Å². The number of H-pyrrole nitrogens is 1. The van der Waals surface area contributed by atoms with Crippen molar-refractivity contribution in [3.05, 3.63) is 18.2 Å². The molecular weight excluding hydrogens is 424 g/mol. The lowest BCUT2D eigenvalue weighted by molar-refractivity contribution is 0.879. The van der Waals surface area contributed by atoms with Crippen molar-refractivity contribution in [3.63, 3.8) is 0 Å². The fourth-order valence-corrected chi connectivity index (χ4v) is 4.04. The Morgan fingerprint density at radius 1 is 1.14 bits per heavy atom. The second-order valence-corrected chi connectivity index (χ2v) is 6.87. The molecule has 1 aliphatic carbocycles. The van der Waals surface area contributed by atoms with Crippen LogP contribution in [0.25, 0.3) is 10.6 Å². The molecule has 0 amide bonds. The molecular formula is C8H5I2N3S. The number of aromatic amines is 1. The Morgan fingerprint density at radius 2 is 1.93 bits per heavy atom. The number of aromatic nitrogens is 3. The Kier molecular flexibility index (Phi) is 2.32. The van der Waals surface area contributed by atoms with Crippen molar-refractivity contribution in [2.75, 3.05) is 0 Å². The average molecular weight is 429 g/mol. The van der Waals surface area contributed by atoms with E-state index in [4.69, 9.17) is 0 Å². The summed E-state index contributed by atoms with van der Waals surface area (Å²) < 4.78 is 2.09. The highest BCUT2D eigenvalue weighted by atomic mass is 127. The van der Waals surface area contributed by atoms with Crippen molar-refractivity contribution in [2.45, 2.75) is 12.8 Å². The molecule has 6 heteroatoms. The van der Waals surface area contributed by atoms with E-state index in [-0.39, 0.29) is 0 Å². The number of hydrogen-bond donors (Lipinski definition) is 1. The first-order chi connectivity index (χ1) is 6.74. The van der Waals surface area contributed by atoms with E-state index < -0.39 is 0 Å². The van der Waals surface area contributed by atoms with Gasteiger partial charge in [-0.15, -0.1) is 11.3 Å². The summed E-state index contributed by atoms with van der Waals surface area (Å²) in [5.41, 5.74) is 3.62. The Morgan fingerprint density at radius 3 is 2.79 bits per heavy atom. The van der Waals surface area contributed by atoms with E-state index in [1.807, 2.05) is 0 Å². The third kappa shape index (κ3) is 1.42. The van der Waals surface area contributed by atoms with Crippen LogP contribution in [0.1, 0.15) is 11.4 Å². The number of halogens is 2. The van der Waals surface area contributed by atoms with Gasteiger partial charge in [-0.3, -0.25) is 0 Å². The largest absolute Gasteiger partial charge is 0.332 e. The minimum absolute atomic E-state index is 0.976. The summed E-state index contributed by atoms with van der Waals surface area (Å²) in [6.45, 7) is 0. The zero-order valence-electron chi connectivity index (χ0n) is 6.97. The molecule has 3 rings (SSSR count). The van der Waals surface area contributed by atoms with Crippen LogP contribution < -0.4 is 0 Å². The van der Waals surface area contributed by atoms with Gasteiger partial charge in [-0.05, 0) is 58.0 Å². The Balaban J connectivity index is 2.27. The van der Waals surface area contributed by atoms with Gasteiger partial charge in [0.1, 0.15) is 0 Å². The Bertz CT molecular complexity index is 456. The molecule has 0 bridgehead atoms. The van der Waals surface area contributed by atoms with Crippen LogP contribution in [0.15, 0.2) is 0 Å². The molecule has 1 N–H and O–H groups in total. The molecule has 2 heterocycles. The van der Waals surface area contributed by atoms with Gasteiger partial charge in [-0.25, -0.2) is 9.97 Å². The van der Waals surface area contributed by atoms with E-state index in [2.05, 4.69) is 60.1 Å². The highest BCUT2D eigenvalue weighted by molar-refractivity contribution is 14.1. The summed E-state index contributed by atoms with van der Waals surface area (Å²) in [4.78, 5) is 13.6. The van der Waals surface area contributed by atoms with Gasteiger partial charge in [0.15, 0.2) is 6.85 Å². The fourth-order valence-electron chi connectivity index (χ4n) is 1.67. The van der Waals surface area contributed by atoms with Crippen molar-refractivity contribution in [1.82, 2.24) is 15.0 Å². The van der Waals surface area contributed by atoms with E-state index in [9.17, 15) is 0 Å². The van der Waals surface area contributed by atoms with Crippen LogP contribution >= 0.6 is 56.5 Å². The highest BCUT2D eigenvalue weighted by Crippen LogP contribution is 2.36. The zero-order chi connectivity index (χ0) is 9.71. The van der Waals surface area contributed by atoms with Gasteiger partial charge in [-0.1, -0.05) is 0 Å². The molecule has 0 atom stereocenters. The lowest BCUT2D eigenvalue weighted by Gasteiger charge is -2.07. The van der Waals surface area contributed by atoms with E-state index >= 15 is 0 Å². The monoisotopic (exact) mass is 429 g/mol. The molecule has 0 spiro atoms. The number of fused-ring (bicyclic) bond motifs is 3. The number of rotatable bonds is 0. The van der Waals surface area contributed by atoms with Gasteiger partial charge >= 0.3 is 0 Å². The first-order valence-corrected chi connectivity index (χ1v) is 7.11. The maximum absolute atomic E-state index is 4.51. The van der Waals surface area contributed by atoms with Gasteiger partial charge in [0, 0.05) is 0 Å². The molecule has 0 saturated heterocycles. The maximum Gasteiger partial charge on any atom is 0.169 e. The average Bonchev–Trinajstić information content (AvgIpc) is 2.65. The predicted octanol–water partition coefficient (Wildman–Crippen LogP) is 2.84. The molecule has 2 aromatic rings. The van der Waals surface area contributed by atoms with Gasteiger partial charge in [0.05, 0.1) is 22.0 Å². The number of hydrogen-bond acceptors (Lipinski definition) is 3. The molecule has 3 nitrogen and oxygen atoms in total. The number of nitrogens with one attached hydrogen (secondary N) is 1. The fraction of sp³-hybridized carbons (Fsp3) is 0.250. The molecule has 1 aliphatic rings. The predicted molar refractivity (Wildman–Crippen MR) is 72.5 cm³/mol. The van der Waals surface area contributed by atoms with E-state index in [0.29, 0.717) is 0 Å². The number of nitrogens with zero attached hydrogens (tertiary/aromatic N) is 2. The first-order valence-electron chi connectivity index (χ1n) is 4.14. The van der Waals surface area contributed by atoms with Crippen LogP contribution in [0.5, 0.6) is 0 Å². The van der Waals surface area contributed by atoms with Crippen LogP contribution in [0.2, 0.25) is 0 Å². The summed E-state index contributed by atoms with van der Waals surface area (Å²) in [6, 6.07) is 0. The second-order valence-electron chi connectivity index (χ2n) is 3.09. The van der Waals surface area contributed by atoms with Gasteiger partial charge < -0.3 is 4.98 Å². The first kappa shape index (κ1) is 9.52. The van der Waals surface area contributed by atoms with Crippen molar-refractivity contribution >= 4 is 56.5 Å². The van der Waals surface area contributed by atoms with Gasteiger partial charge in [-0.2, -0.15) is 0 Å². The third-order valence-corrected chi connectivity index (χ3v) is 4.56. The second kappa shape index (κ2) is 3.41. The van der Waals surface area contributed by atoms with E-state index in [1.54, 1.807) is 11.3 Å². The lowest BCUT2D eigenvalue weighted by Crippen LogP contribution is -2.01. The summed E-state index contributed by atoms with van der Waals surface area (Å²) in [7, 11) is 0. The SMILES string of the molecule is Ic1nc2c([nH]1)-c1sc(I)nc1CC2. The van der Waals surface area contributed by atoms with Crippen molar-refractivity contribution in [3.8, 4) is 10.6 Å². The standard InChI is InChI=1S/C8H5I2N3S/c9-7-11-3-1-2-4-6(5(3)13-7)14-8(10)12-4/h1-2H2,(H,11,13). The summed E-state index contributed by atoms with van der Waals surface area (Å²) in [5, 5.41) is 0. The summed E-state index contributed by atoms with van der Waals surface area (Å²) in [6.07, 6.45) is 2.05. The molecule has 14 heavy (non-hydrogen) atoms. The van der Waals surface area contributed by atoms with E-state index in [1.165, 1.54) is 22.0 Å². The van der Waals surface area contributed by atoms with Crippen LogP contribution in [-0.2, 0) is 12.8 Å². The van der Waals surface area contributed by atoms with Crippen molar-refractivity contribution < 1.29 is 0 Å². The quantitative estimate of drug-likeness (QED) is 0.655. The Hall–Kier alpha value is 0.300. The van der Waals surface area contributed by atoms with Crippen molar-refractivity contribution in [2.24, 2.45) is 0 Å². The topological polar surface area (TPSA) is 41.6 Å². The Labute approximate surface area is 112 Å². The molecule has 72 valence electrons. The minimum Gasteiger partial charge on any atom is -0.332 e. The molecule has 0 aliphatic heterocycles. The van der Waals surface area contributed by atoms with Crippen LogP contribution in [0, 0.1) is 6.85 Å². The summed E-state index contributed by atoms with van der Waals surface area (Å²) in [5.74, 6) is 0. The molecule has 0 unspecified atom stereocenters. The number of imidazole rings is 1. The summed E-state index contributed by atoms with van der Waals surface area (Å²) >= 11 is 6.25. The van der Waals surface area contributed by atoms with Crippen LogP contribution in [0.4, 0.5) is 0 Å². The molecule has 0 fully saturated rings. The minimum atomic E-state index is 0.976. The van der Waals surface area contributed by atoms with E-state index in [0.717, 1.165) is 19.7 Å². The molecule has 0 radical (unpaired) electrons. The lowest BCUT2D eigenvalue weighted by atomic mass is 10.0. The smallest absolute Gasteiger partial charge is 0.169 e. The number of aryl methyl sites for hydroxylation is 2. The molecule has 0 saturated carbocycles. The van der Waals surface area contributed by atoms with Crippen LogP contribution in [0.3, 0.4) is 0 Å². The van der Waals surface area contributed by atoms with Gasteiger partial charge in [0.25, 0.3) is 0 Å². The normalized spacial score (nSPS) is 13.9. The third-order valence-electron chi connectivity index (χ3n) is 2.25. The van der Waals surface area contributed by atoms with Gasteiger partial charge in [0.2, 0.25) is 0 Å². The number of thiazole rings is 1. The maximum atomic E-state index is 4.51.